The Morgan fingerprint density at radius 3 is 1.77 bits per heavy atom. The summed E-state index contributed by atoms with van der Waals surface area (Å²) >= 11 is 0. The summed E-state index contributed by atoms with van der Waals surface area (Å²) in [6, 6.07) is 8.27. The molecule has 0 aliphatic carbocycles. The molecular formula is C28H45O6P. The van der Waals surface area contributed by atoms with E-state index in [2.05, 4.69) is 26.0 Å². The molecule has 3 aliphatic heterocycles. The number of phosphoric ester groups is 1. The van der Waals surface area contributed by atoms with Gasteiger partial charge in [0.1, 0.15) is 5.75 Å². The number of ether oxygens (including phenoxy) is 2. The van der Waals surface area contributed by atoms with Gasteiger partial charge in [0.05, 0.1) is 0 Å². The van der Waals surface area contributed by atoms with Gasteiger partial charge in [0.2, 0.25) is 6.29 Å². The number of hydrogen-bond acceptors (Lipinski definition) is 6. The third-order valence-electron chi connectivity index (χ3n) is 6.54. The van der Waals surface area contributed by atoms with Crippen molar-refractivity contribution >= 4 is 7.82 Å². The second kappa shape index (κ2) is 15.3. The molecule has 6 nitrogen and oxygen atoms in total. The van der Waals surface area contributed by atoms with Gasteiger partial charge in [0.25, 0.3) is 0 Å². The zero-order chi connectivity index (χ0) is 24.8. The zero-order valence-electron chi connectivity index (χ0n) is 21.8. The van der Waals surface area contributed by atoms with E-state index >= 15 is 0 Å². The van der Waals surface area contributed by atoms with Crippen molar-refractivity contribution in [2.24, 2.45) is 0 Å². The van der Waals surface area contributed by atoms with Gasteiger partial charge in [-0.3, -0.25) is 0 Å². The van der Waals surface area contributed by atoms with E-state index in [1.807, 2.05) is 12.1 Å². The predicted molar refractivity (Wildman–Crippen MR) is 139 cm³/mol. The smallest absolute Gasteiger partial charge is 0.455 e. The standard InChI is InChI=1S/C28H45O6P/c1-3-5-7-9-10-11-12-13-15-16-18-24-20-22-25(23-21-24)30-26(19-17-14-8-6-4-2)31-27-28-33-35(29,32-27)34-28/h20-23,26H,3-19H2,1-2H3. The Bertz CT molecular complexity index is 794. The van der Waals surface area contributed by atoms with Gasteiger partial charge < -0.3 is 23.0 Å². The first-order valence-corrected chi connectivity index (χ1v) is 15.4. The lowest BCUT2D eigenvalue weighted by Gasteiger charge is -2.19. The Hall–Kier alpha value is -1.81. The lowest BCUT2D eigenvalue weighted by molar-refractivity contribution is -0.0804. The van der Waals surface area contributed by atoms with Crippen LogP contribution in [0.15, 0.2) is 36.2 Å². The van der Waals surface area contributed by atoms with Crippen molar-refractivity contribution < 1.29 is 27.6 Å². The minimum absolute atomic E-state index is 0.0319. The number of aryl methyl sites for hydroxylation is 1. The highest BCUT2D eigenvalue weighted by Crippen LogP contribution is 2.70. The third-order valence-corrected chi connectivity index (χ3v) is 7.71. The summed E-state index contributed by atoms with van der Waals surface area (Å²) in [5.41, 5.74) is 1.33. The summed E-state index contributed by atoms with van der Waals surface area (Å²) in [5.74, 6) is 0.837. The monoisotopic (exact) mass is 508 g/mol. The summed E-state index contributed by atoms with van der Waals surface area (Å²) in [4.78, 5) is 0. The van der Waals surface area contributed by atoms with Crippen LogP contribution in [0.4, 0.5) is 0 Å². The normalized spacial score (nSPS) is 16.2. The van der Waals surface area contributed by atoms with Crippen LogP contribution in [0.25, 0.3) is 0 Å². The molecule has 0 N–H and O–H groups in total. The van der Waals surface area contributed by atoms with Crippen LogP contribution in [0.5, 0.6) is 5.75 Å². The molecule has 7 heteroatoms. The molecule has 0 amide bonds. The molecule has 1 unspecified atom stereocenters. The summed E-state index contributed by atoms with van der Waals surface area (Å²) in [6.45, 7) is 4.47. The number of fused-ring (bicyclic) bond motifs is 1. The summed E-state index contributed by atoms with van der Waals surface area (Å²) < 4.78 is 38.8. The van der Waals surface area contributed by atoms with Crippen molar-refractivity contribution in [3.8, 4) is 5.75 Å². The quantitative estimate of drug-likeness (QED) is 0.0936. The van der Waals surface area contributed by atoms with Crippen LogP contribution in [-0.4, -0.2) is 6.29 Å². The molecule has 1 atom stereocenters. The summed E-state index contributed by atoms with van der Waals surface area (Å²) in [5, 5.41) is 0. The Morgan fingerprint density at radius 2 is 1.23 bits per heavy atom. The lowest BCUT2D eigenvalue weighted by Crippen LogP contribution is -2.20. The van der Waals surface area contributed by atoms with E-state index in [1.165, 1.54) is 89.0 Å². The number of benzene rings is 1. The van der Waals surface area contributed by atoms with E-state index in [4.69, 9.17) is 23.0 Å². The van der Waals surface area contributed by atoms with Crippen molar-refractivity contribution in [1.29, 1.82) is 0 Å². The first-order chi connectivity index (χ1) is 17.1. The van der Waals surface area contributed by atoms with E-state index in [1.54, 1.807) is 0 Å². The number of phosphoric acid groups is 1. The van der Waals surface area contributed by atoms with Crippen LogP contribution >= 0.6 is 7.82 Å². The van der Waals surface area contributed by atoms with E-state index in [0.29, 0.717) is 6.42 Å². The molecular weight excluding hydrogens is 463 g/mol. The number of hydrogen-bond donors (Lipinski definition) is 0. The Kier molecular flexibility index (Phi) is 12.2. The molecule has 1 aromatic carbocycles. The average molecular weight is 509 g/mol. The van der Waals surface area contributed by atoms with Crippen LogP contribution in [0.2, 0.25) is 0 Å². The molecule has 0 saturated carbocycles. The van der Waals surface area contributed by atoms with Gasteiger partial charge in [-0.15, -0.1) is 0 Å². The largest absolute Gasteiger partial charge is 0.654 e. The molecule has 0 aromatic heterocycles. The summed E-state index contributed by atoms with van der Waals surface area (Å²) in [6.07, 6.45) is 20.5. The highest BCUT2D eigenvalue weighted by atomic mass is 31.2. The number of unbranched alkanes of at least 4 members (excludes halogenated alkanes) is 13. The first kappa shape index (κ1) is 27.8. The van der Waals surface area contributed by atoms with E-state index < -0.39 is 14.1 Å². The van der Waals surface area contributed by atoms with Crippen molar-refractivity contribution in [1.82, 2.24) is 0 Å². The highest BCUT2D eigenvalue weighted by Gasteiger charge is 2.58. The van der Waals surface area contributed by atoms with Crippen molar-refractivity contribution in [3.63, 3.8) is 0 Å². The zero-order valence-corrected chi connectivity index (χ0v) is 22.7. The van der Waals surface area contributed by atoms with Crippen LogP contribution in [0.3, 0.4) is 0 Å². The van der Waals surface area contributed by atoms with Crippen LogP contribution in [0.1, 0.15) is 122 Å². The fourth-order valence-corrected chi connectivity index (χ4v) is 5.37. The molecule has 0 spiro atoms. The lowest BCUT2D eigenvalue weighted by atomic mass is 10.0. The van der Waals surface area contributed by atoms with Gasteiger partial charge in [-0.05, 0) is 37.0 Å². The number of rotatable bonds is 21. The van der Waals surface area contributed by atoms with Crippen LogP contribution < -0.4 is 4.74 Å². The van der Waals surface area contributed by atoms with Gasteiger partial charge >= 0.3 is 19.7 Å². The fraction of sp³-hybridized carbons (Fsp3) is 0.714. The van der Waals surface area contributed by atoms with Crippen LogP contribution in [0, 0.1) is 0 Å². The highest BCUT2D eigenvalue weighted by molar-refractivity contribution is 7.50. The Morgan fingerprint density at radius 1 is 0.686 bits per heavy atom. The molecule has 3 heterocycles. The molecule has 3 aliphatic rings. The molecule has 4 rings (SSSR count). The molecule has 1 fully saturated rings. The predicted octanol–water partition coefficient (Wildman–Crippen LogP) is 9.54. The maximum Gasteiger partial charge on any atom is 0.654 e. The second-order valence-corrected chi connectivity index (χ2v) is 11.2. The Balaban J connectivity index is 1.35. The maximum atomic E-state index is 11.8. The van der Waals surface area contributed by atoms with Crippen molar-refractivity contribution in [2.75, 3.05) is 0 Å². The van der Waals surface area contributed by atoms with Gasteiger partial charge in [0.15, 0.2) is 0 Å². The maximum absolute atomic E-state index is 11.8. The molecule has 198 valence electrons. The molecule has 1 saturated heterocycles. The van der Waals surface area contributed by atoms with Crippen molar-refractivity contribution in [3.05, 3.63) is 41.7 Å². The Labute approximate surface area is 212 Å². The third kappa shape index (κ3) is 9.99. The van der Waals surface area contributed by atoms with Gasteiger partial charge in [-0.25, -0.2) is 0 Å². The van der Waals surface area contributed by atoms with E-state index in [-0.39, 0.29) is 11.9 Å². The fourth-order valence-electron chi connectivity index (χ4n) is 4.41. The van der Waals surface area contributed by atoms with Gasteiger partial charge in [-0.1, -0.05) is 109 Å². The summed E-state index contributed by atoms with van der Waals surface area (Å²) in [7, 11) is -3.42. The molecule has 2 bridgehead atoms. The van der Waals surface area contributed by atoms with Gasteiger partial charge in [-0.2, -0.15) is 4.57 Å². The second-order valence-electron chi connectivity index (χ2n) is 9.74. The van der Waals surface area contributed by atoms with E-state index in [0.717, 1.165) is 25.0 Å². The molecule has 1 aromatic rings. The molecule has 0 radical (unpaired) electrons. The SMILES string of the molecule is CCCCCCCCCCCCc1ccc(OC(CCCCCCC)OC2=C3OP(=O)(O2)O3)cc1. The van der Waals surface area contributed by atoms with Crippen LogP contribution in [-0.2, 0) is 29.3 Å². The average Bonchev–Trinajstić information content (AvgIpc) is 3.32. The molecule has 35 heavy (non-hydrogen) atoms. The van der Waals surface area contributed by atoms with E-state index in [9.17, 15) is 4.57 Å². The topological polar surface area (TPSA) is 63.2 Å². The minimum atomic E-state index is -3.42. The minimum Gasteiger partial charge on any atom is -0.455 e. The first-order valence-electron chi connectivity index (χ1n) is 14.0. The van der Waals surface area contributed by atoms with Crippen molar-refractivity contribution in [2.45, 2.75) is 129 Å². The van der Waals surface area contributed by atoms with Gasteiger partial charge in [0, 0.05) is 6.42 Å².